The molecule has 0 radical (unpaired) electrons. The van der Waals surface area contributed by atoms with E-state index < -0.39 is 16.1 Å². The van der Waals surface area contributed by atoms with E-state index in [4.69, 9.17) is 27.9 Å². The van der Waals surface area contributed by atoms with Crippen molar-refractivity contribution in [3.63, 3.8) is 0 Å². The van der Waals surface area contributed by atoms with Gasteiger partial charge in [0.15, 0.2) is 5.78 Å². The summed E-state index contributed by atoms with van der Waals surface area (Å²) >= 11 is 12.1. The number of nitriles is 1. The summed E-state index contributed by atoms with van der Waals surface area (Å²) in [6, 6.07) is 16.7. The molecule has 4 rings (SSSR count). The normalized spacial score (nSPS) is 14.0. The number of halogens is 2. The Balaban J connectivity index is 1.50. The molecule has 1 fully saturated rings. The van der Waals surface area contributed by atoms with Crippen molar-refractivity contribution in [2.75, 3.05) is 31.5 Å². The molecule has 2 amide bonds. The van der Waals surface area contributed by atoms with Crippen LogP contribution in [0, 0.1) is 11.3 Å². The zero-order valence-corrected chi connectivity index (χ0v) is 22.5. The average Bonchev–Trinajstić information content (AvgIpc) is 2.88. The van der Waals surface area contributed by atoms with Crippen molar-refractivity contribution in [1.82, 2.24) is 9.21 Å². The topological polar surface area (TPSA) is 120 Å². The van der Waals surface area contributed by atoms with Crippen LogP contribution in [0.4, 0.5) is 10.5 Å². The van der Waals surface area contributed by atoms with E-state index in [1.807, 2.05) is 6.07 Å². The molecule has 1 N–H and O–H groups in total. The Bertz CT molecular complexity index is 1530. The molecular formula is C26H22Cl2N4O5S. The number of anilines is 1. The number of Topliss-reactive ketones (excluding diaryl/α,β-unsaturated/α-hetero) is 1. The SMILES string of the molecule is CC(=O)c1cccc(NC(=O)N2CCN(S(=O)(=O)c3cc(C#N)ccc3Oc3cc(Cl)cc(Cl)c3)CC2)c1. The summed E-state index contributed by atoms with van der Waals surface area (Å²) in [5, 5.41) is 12.7. The predicted octanol–water partition coefficient (Wildman–Crippen LogP) is 5.40. The maximum absolute atomic E-state index is 13.6. The zero-order valence-electron chi connectivity index (χ0n) is 20.1. The van der Waals surface area contributed by atoms with Crippen LogP contribution < -0.4 is 10.1 Å². The number of piperazine rings is 1. The standard InChI is InChI=1S/C26H22Cl2N4O5S/c1-17(33)19-3-2-4-22(12-19)30-26(34)31-7-9-32(10-8-31)38(35,36)25-11-18(16-29)5-6-24(25)37-23-14-20(27)13-21(28)15-23/h2-6,11-15H,7-10H2,1H3,(H,30,34). The van der Waals surface area contributed by atoms with E-state index in [0.29, 0.717) is 21.3 Å². The highest BCUT2D eigenvalue weighted by Crippen LogP contribution is 2.34. The van der Waals surface area contributed by atoms with Crippen molar-refractivity contribution < 1.29 is 22.7 Å². The third kappa shape index (κ3) is 6.26. The summed E-state index contributed by atoms with van der Waals surface area (Å²) in [6.07, 6.45) is 0. The highest BCUT2D eigenvalue weighted by atomic mass is 35.5. The molecule has 0 unspecified atom stereocenters. The number of rotatable bonds is 6. The Hall–Kier alpha value is -3.62. The molecule has 38 heavy (non-hydrogen) atoms. The molecule has 0 saturated carbocycles. The number of hydrogen-bond donors (Lipinski definition) is 1. The van der Waals surface area contributed by atoms with E-state index in [9.17, 15) is 23.3 Å². The molecule has 3 aromatic rings. The van der Waals surface area contributed by atoms with Crippen molar-refractivity contribution in [2.45, 2.75) is 11.8 Å². The van der Waals surface area contributed by atoms with Crippen LogP contribution in [0.1, 0.15) is 22.8 Å². The van der Waals surface area contributed by atoms with Gasteiger partial charge in [0.05, 0.1) is 11.6 Å². The second-order valence-corrected chi connectivity index (χ2v) is 11.2. The smallest absolute Gasteiger partial charge is 0.321 e. The Morgan fingerprint density at radius 3 is 2.29 bits per heavy atom. The van der Waals surface area contributed by atoms with E-state index in [2.05, 4.69) is 5.32 Å². The van der Waals surface area contributed by atoms with Crippen molar-refractivity contribution in [3.8, 4) is 17.6 Å². The highest BCUT2D eigenvalue weighted by molar-refractivity contribution is 7.89. The van der Waals surface area contributed by atoms with E-state index in [1.54, 1.807) is 24.3 Å². The number of nitrogens with zero attached hydrogens (tertiary/aromatic N) is 3. The van der Waals surface area contributed by atoms with Crippen LogP contribution in [0.2, 0.25) is 10.0 Å². The van der Waals surface area contributed by atoms with Gasteiger partial charge in [-0.1, -0.05) is 35.3 Å². The van der Waals surface area contributed by atoms with Gasteiger partial charge in [0, 0.05) is 47.5 Å². The molecule has 0 spiro atoms. The third-order valence-corrected chi connectivity index (χ3v) is 8.16. The van der Waals surface area contributed by atoms with Crippen molar-refractivity contribution >= 4 is 50.7 Å². The Morgan fingerprint density at radius 2 is 1.66 bits per heavy atom. The molecule has 0 aliphatic carbocycles. The summed E-state index contributed by atoms with van der Waals surface area (Å²) in [5.41, 5.74) is 1.08. The number of nitrogens with one attached hydrogen (secondary N) is 1. The van der Waals surface area contributed by atoms with Gasteiger partial charge in [-0.2, -0.15) is 9.57 Å². The Morgan fingerprint density at radius 1 is 0.974 bits per heavy atom. The van der Waals surface area contributed by atoms with Crippen LogP contribution in [0.5, 0.6) is 11.5 Å². The summed E-state index contributed by atoms with van der Waals surface area (Å²) in [5.74, 6) is 0.119. The van der Waals surface area contributed by atoms with Crippen LogP contribution in [0.15, 0.2) is 65.6 Å². The largest absolute Gasteiger partial charge is 0.456 e. The number of sulfonamides is 1. The highest BCUT2D eigenvalue weighted by Gasteiger charge is 2.33. The van der Waals surface area contributed by atoms with Gasteiger partial charge in [0.25, 0.3) is 0 Å². The van der Waals surface area contributed by atoms with Gasteiger partial charge in [-0.15, -0.1) is 0 Å². The third-order valence-electron chi connectivity index (χ3n) is 5.80. The lowest BCUT2D eigenvalue weighted by Crippen LogP contribution is -2.51. The van der Waals surface area contributed by atoms with Crippen LogP contribution in [-0.2, 0) is 10.0 Å². The van der Waals surface area contributed by atoms with Gasteiger partial charge in [-0.25, -0.2) is 13.2 Å². The minimum atomic E-state index is -4.09. The lowest BCUT2D eigenvalue weighted by Gasteiger charge is -2.34. The molecule has 0 bridgehead atoms. The minimum Gasteiger partial charge on any atom is -0.456 e. The number of carbonyl (C=O) groups is 2. The molecule has 1 saturated heterocycles. The molecule has 9 nitrogen and oxygen atoms in total. The zero-order chi connectivity index (χ0) is 27.4. The number of amides is 2. The van der Waals surface area contributed by atoms with E-state index in [-0.39, 0.29) is 53.9 Å². The van der Waals surface area contributed by atoms with Crippen LogP contribution in [-0.4, -0.2) is 55.6 Å². The second kappa shape index (κ2) is 11.4. The first-order valence-corrected chi connectivity index (χ1v) is 13.6. The summed E-state index contributed by atoms with van der Waals surface area (Å²) in [6.45, 7) is 1.77. The van der Waals surface area contributed by atoms with Gasteiger partial charge in [0.1, 0.15) is 16.4 Å². The van der Waals surface area contributed by atoms with E-state index in [1.165, 1.54) is 52.5 Å². The number of carbonyl (C=O) groups excluding carboxylic acids is 2. The number of hydrogen-bond acceptors (Lipinski definition) is 6. The fourth-order valence-electron chi connectivity index (χ4n) is 3.87. The lowest BCUT2D eigenvalue weighted by molar-refractivity contribution is 0.101. The molecule has 1 aliphatic rings. The Kier molecular flexibility index (Phi) is 8.23. The first-order chi connectivity index (χ1) is 18.1. The molecule has 0 atom stereocenters. The molecule has 0 aromatic heterocycles. The molecule has 3 aromatic carbocycles. The van der Waals surface area contributed by atoms with E-state index in [0.717, 1.165) is 0 Å². The molecule has 12 heteroatoms. The fraction of sp³-hybridized carbons (Fsp3) is 0.192. The van der Waals surface area contributed by atoms with E-state index >= 15 is 0 Å². The molecule has 1 heterocycles. The maximum Gasteiger partial charge on any atom is 0.321 e. The van der Waals surface area contributed by atoms with Crippen LogP contribution >= 0.6 is 23.2 Å². The summed E-state index contributed by atoms with van der Waals surface area (Å²) in [4.78, 5) is 25.7. The van der Waals surface area contributed by atoms with Gasteiger partial charge < -0.3 is 15.0 Å². The van der Waals surface area contributed by atoms with Crippen molar-refractivity contribution in [1.29, 1.82) is 5.26 Å². The van der Waals surface area contributed by atoms with Crippen molar-refractivity contribution in [3.05, 3.63) is 81.8 Å². The minimum absolute atomic E-state index is 0.00728. The Labute approximate surface area is 230 Å². The monoisotopic (exact) mass is 572 g/mol. The molecule has 196 valence electrons. The average molecular weight is 573 g/mol. The van der Waals surface area contributed by atoms with Gasteiger partial charge >= 0.3 is 6.03 Å². The van der Waals surface area contributed by atoms with Gasteiger partial charge in [-0.05, 0) is 55.5 Å². The first-order valence-electron chi connectivity index (χ1n) is 11.4. The fourth-order valence-corrected chi connectivity index (χ4v) is 5.94. The van der Waals surface area contributed by atoms with Crippen molar-refractivity contribution in [2.24, 2.45) is 0 Å². The van der Waals surface area contributed by atoms with Crippen LogP contribution in [0.3, 0.4) is 0 Å². The summed E-state index contributed by atoms with van der Waals surface area (Å²) in [7, 11) is -4.09. The number of benzene rings is 3. The number of ketones is 1. The number of ether oxygens (including phenoxy) is 1. The molecular weight excluding hydrogens is 551 g/mol. The first kappa shape index (κ1) is 27.4. The lowest BCUT2D eigenvalue weighted by atomic mass is 10.1. The molecule has 1 aliphatic heterocycles. The van der Waals surface area contributed by atoms with Crippen LogP contribution in [0.25, 0.3) is 0 Å². The maximum atomic E-state index is 13.6. The van der Waals surface area contributed by atoms with Gasteiger partial charge in [0.2, 0.25) is 10.0 Å². The number of urea groups is 1. The van der Waals surface area contributed by atoms with Gasteiger partial charge in [-0.3, -0.25) is 4.79 Å². The predicted molar refractivity (Wildman–Crippen MR) is 143 cm³/mol. The quantitative estimate of drug-likeness (QED) is 0.395. The second-order valence-electron chi connectivity index (χ2n) is 8.44. The summed E-state index contributed by atoms with van der Waals surface area (Å²) < 4.78 is 34.3.